The van der Waals surface area contributed by atoms with Gasteiger partial charge in [0.25, 0.3) is 0 Å². The van der Waals surface area contributed by atoms with Gasteiger partial charge in [-0.25, -0.2) is 4.98 Å². The lowest BCUT2D eigenvalue weighted by Crippen LogP contribution is -2.39. The molecule has 0 saturated heterocycles. The second-order valence-corrected chi connectivity index (χ2v) is 8.40. The van der Waals surface area contributed by atoms with Crippen molar-refractivity contribution in [2.24, 2.45) is 0 Å². The predicted octanol–water partition coefficient (Wildman–Crippen LogP) is 2.76. The van der Waals surface area contributed by atoms with E-state index in [0.717, 1.165) is 11.3 Å². The SMILES string of the molecule is CC(C)(C)[S+]([O-])NCc1nc2ccccn2c1C1CC1. The summed E-state index contributed by atoms with van der Waals surface area (Å²) < 4.78 is 17.2. The summed E-state index contributed by atoms with van der Waals surface area (Å²) in [4.78, 5) is 4.69. The predicted molar refractivity (Wildman–Crippen MR) is 81.9 cm³/mol. The first-order valence-corrected chi connectivity index (χ1v) is 8.23. The van der Waals surface area contributed by atoms with E-state index in [-0.39, 0.29) is 4.75 Å². The van der Waals surface area contributed by atoms with Crippen LogP contribution in [0.15, 0.2) is 24.4 Å². The fourth-order valence-electron chi connectivity index (χ4n) is 2.33. The van der Waals surface area contributed by atoms with E-state index < -0.39 is 11.4 Å². The van der Waals surface area contributed by atoms with E-state index in [0.29, 0.717) is 12.5 Å². The molecule has 0 amide bonds. The second kappa shape index (κ2) is 5.06. The number of nitrogens with one attached hydrogen (secondary N) is 1. The molecule has 2 heterocycles. The van der Waals surface area contributed by atoms with Gasteiger partial charge in [-0.3, -0.25) is 0 Å². The van der Waals surface area contributed by atoms with E-state index in [4.69, 9.17) is 4.98 Å². The van der Waals surface area contributed by atoms with Crippen molar-refractivity contribution in [2.45, 2.75) is 50.8 Å². The molecule has 1 saturated carbocycles. The molecule has 108 valence electrons. The Morgan fingerprint density at radius 3 is 2.80 bits per heavy atom. The van der Waals surface area contributed by atoms with Crippen molar-refractivity contribution in [3.8, 4) is 0 Å². The second-order valence-electron chi connectivity index (χ2n) is 6.35. The van der Waals surface area contributed by atoms with Gasteiger partial charge in [-0.15, -0.1) is 4.72 Å². The van der Waals surface area contributed by atoms with Crippen molar-refractivity contribution < 1.29 is 4.55 Å². The van der Waals surface area contributed by atoms with Crippen LogP contribution in [0.5, 0.6) is 0 Å². The monoisotopic (exact) mass is 291 g/mol. The minimum absolute atomic E-state index is 0.251. The molecule has 2 aromatic heterocycles. The lowest BCUT2D eigenvalue weighted by atomic mass is 10.2. The maximum Gasteiger partial charge on any atom is 0.137 e. The first-order chi connectivity index (χ1) is 9.47. The Hall–Kier alpha value is -1.04. The molecule has 1 aliphatic carbocycles. The van der Waals surface area contributed by atoms with E-state index in [1.807, 2.05) is 39.0 Å². The Bertz CT molecular complexity index is 613. The maximum absolute atomic E-state index is 12.1. The third-order valence-electron chi connectivity index (χ3n) is 3.53. The van der Waals surface area contributed by atoms with Crippen LogP contribution in [0.25, 0.3) is 5.65 Å². The Morgan fingerprint density at radius 1 is 1.40 bits per heavy atom. The summed E-state index contributed by atoms with van der Waals surface area (Å²) in [6.07, 6.45) is 4.54. The summed E-state index contributed by atoms with van der Waals surface area (Å²) >= 11 is -1.06. The van der Waals surface area contributed by atoms with E-state index in [1.54, 1.807) is 0 Å². The topological polar surface area (TPSA) is 52.4 Å². The van der Waals surface area contributed by atoms with Crippen molar-refractivity contribution in [3.05, 3.63) is 35.8 Å². The van der Waals surface area contributed by atoms with Gasteiger partial charge in [0, 0.05) is 23.5 Å². The molecule has 1 atom stereocenters. The summed E-state index contributed by atoms with van der Waals surface area (Å²) in [5.41, 5.74) is 3.31. The lowest BCUT2D eigenvalue weighted by Gasteiger charge is -2.23. The van der Waals surface area contributed by atoms with Crippen LogP contribution < -0.4 is 4.72 Å². The highest BCUT2D eigenvalue weighted by Gasteiger charge is 2.32. The molecule has 5 heteroatoms. The first kappa shape index (κ1) is 13.9. The van der Waals surface area contributed by atoms with Crippen LogP contribution in [0.2, 0.25) is 0 Å². The van der Waals surface area contributed by atoms with Gasteiger partial charge >= 0.3 is 0 Å². The van der Waals surface area contributed by atoms with Crippen molar-refractivity contribution in [1.82, 2.24) is 14.1 Å². The molecule has 1 aliphatic rings. The fourth-order valence-corrected chi connectivity index (χ4v) is 3.03. The van der Waals surface area contributed by atoms with Gasteiger partial charge in [-0.05, 0) is 45.7 Å². The van der Waals surface area contributed by atoms with E-state index in [2.05, 4.69) is 15.3 Å². The van der Waals surface area contributed by atoms with Crippen LogP contribution in [-0.2, 0) is 17.9 Å². The molecule has 3 rings (SSSR count). The van der Waals surface area contributed by atoms with Crippen molar-refractivity contribution in [2.75, 3.05) is 0 Å². The zero-order valence-electron chi connectivity index (χ0n) is 12.2. The highest BCUT2D eigenvalue weighted by molar-refractivity contribution is 7.90. The van der Waals surface area contributed by atoms with Gasteiger partial charge in [0.15, 0.2) is 0 Å². The van der Waals surface area contributed by atoms with Crippen LogP contribution in [0.3, 0.4) is 0 Å². The van der Waals surface area contributed by atoms with Crippen molar-refractivity contribution in [1.29, 1.82) is 0 Å². The van der Waals surface area contributed by atoms with Gasteiger partial charge in [0.1, 0.15) is 10.4 Å². The first-order valence-electron chi connectivity index (χ1n) is 7.08. The number of aromatic nitrogens is 2. The molecule has 1 unspecified atom stereocenters. The van der Waals surface area contributed by atoms with Crippen molar-refractivity contribution >= 4 is 17.0 Å². The number of imidazole rings is 1. The van der Waals surface area contributed by atoms with Crippen LogP contribution >= 0.6 is 0 Å². The molecular formula is C15H21N3OS. The van der Waals surface area contributed by atoms with Gasteiger partial charge in [-0.1, -0.05) is 6.07 Å². The molecule has 0 bridgehead atoms. The standard InChI is InChI=1S/C15H21N3OS/c1-15(2,3)20(19)16-10-12-14(11-7-8-11)18-9-5-4-6-13(18)17-12/h4-6,9,11,16H,7-8,10H2,1-3H3. The maximum atomic E-state index is 12.1. The average molecular weight is 291 g/mol. The number of hydrogen-bond acceptors (Lipinski definition) is 3. The van der Waals surface area contributed by atoms with E-state index in [1.165, 1.54) is 18.5 Å². The fraction of sp³-hybridized carbons (Fsp3) is 0.533. The Morgan fingerprint density at radius 2 is 2.15 bits per heavy atom. The molecule has 20 heavy (non-hydrogen) atoms. The lowest BCUT2D eigenvalue weighted by molar-refractivity contribution is 0.543. The molecule has 2 aromatic rings. The molecule has 4 nitrogen and oxygen atoms in total. The van der Waals surface area contributed by atoms with Crippen LogP contribution in [-0.4, -0.2) is 18.7 Å². The summed E-state index contributed by atoms with van der Waals surface area (Å²) in [5, 5.41) is 0. The third kappa shape index (κ3) is 2.71. The zero-order chi connectivity index (χ0) is 14.3. The summed E-state index contributed by atoms with van der Waals surface area (Å²) in [6, 6.07) is 6.06. The van der Waals surface area contributed by atoms with Crippen LogP contribution in [0, 0.1) is 0 Å². The number of pyridine rings is 1. The zero-order valence-corrected chi connectivity index (χ0v) is 13.0. The third-order valence-corrected chi connectivity index (χ3v) is 5.05. The molecule has 1 fully saturated rings. The van der Waals surface area contributed by atoms with Gasteiger partial charge in [-0.2, -0.15) is 0 Å². The summed E-state index contributed by atoms with van der Waals surface area (Å²) in [5.74, 6) is 0.618. The average Bonchev–Trinajstić information content (AvgIpc) is 3.15. The van der Waals surface area contributed by atoms with Crippen LogP contribution in [0.4, 0.5) is 0 Å². The molecule has 1 N–H and O–H groups in total. The van der Waals surface area contributed by atoms with Gasteiger partial charge in [0.2, 0.25) is 0 Å². The summed E-state index contributed by atoms with van der Waals surface area (Å²) in [6.45, 7) is 6.49. The normalized spacial score (nSPS) is 17.6. The minimum atomic E-state index is -1.06. The largest absolute Gasteiger partial charge is 0.598 e. The number of hydrogen-bond donors (Lipinski definition) is 1. The molecule has 0 aliphatic heterocycles. The van der Waals surface area contributed by atoms with Gasteiger partial charge < -0.3 is 8.95 Å². The summed E-state index contributed by atoms with van der Waals surface area (Å²) in [7, 11) is 0. The number of fused-ring (bicyclic) bond motifs is 1. The van der Waals surface area contributed by atoms with E-state index >= 15 is 0 Å². The number of nitrogens with zero attached hydrogens (tertiary/aromatic N) is 2. The Kier molecular flexibility index (Phi) is 3.52. The van der Waals surface area contributed by atoms with Gasteiger partial charge in [0.05, 0.1) is 17.9 Å². The van der Waals surface area contributed by atoms with E-state index in [9.17, 15) is 4.55 Å². The number of rotatable bonds is 4. The van der Waals surface area contributed by atoms with Crippen LogP contribution in [0.1, 0.15) is 50.9 Å². The smallest absolute Gasteiger partial charge is 0.137 e. The molecule has 0 aromatic carbocycles. The minimum Gasteiger partial charge on any atom is -0.598 e. The Labute approximate surface area is 122 Å². The molecule has 0 spiro atoms. The van der Waals surface area contributed by atoms with Crippen molar-refractivity contribution in [3.63, 3.8) is 0 Å². The Balaban J connectivity index is 1.86. The molecular weight excluding hydrogens is 270 g/mol. The quantitative estimate of drug-likeness (QED) is 0.881. The molecule has 0 radical (unpaired) electrons. The highest BCUT2D eigenvalue weighted by Crippen LogP contribution is 2.41. The highest BCUT2D eigenvalue weighted by atomic mass is 32.2.